The van der Waals surface area contributed by atoms with Crippen molar-refractivity contribution in [3.63, 3.8) is 0 Å². The van der Waals surface area contributed by atoms with Gasteiger partial charge >= 0.3 is 0 Å². The van der Waals surface area contributed by atoms with E-state index in [2.05, 4.69) is 38.2 Å². The van der Waals surface area contributed by atoms with Crippen LogP contribution >= 0.6 is 0 Å². The molecule has 8 heteroatoms. The van der Waals surface area contributed by atoms with E-state index < -0.39 is 0 Å². The first-order valence-electron chi connectivity index (χ1n) is 8.23. The lowest BCUT2D eigenvalue weighted by Crippen LogP contribution is -2.04. The summed E-state index contributed by atoms with van der Waals surface area (Å²) in [5.41, 5.74) is 2.45. The number of hydrogen-bond acceptors (Lipinski definition) is 7. The predicted molar refractivity (Wildman–Crippen MR) is 109 cm³/mol. The van der Waals surface area contributed by atoms with E-state index in [1.54, 1.807) is 29.9 Å². The second-order valence-corrected chi connectivity index (χ2v) is 5.07. The van der Waals surface area contributed by atoms with Crippen LogP contribution in [-0.2, 0) is 11.3 Å². The van der Waals surface area contributed by atoms with Crippen LogP contribution in [0.25, 0.3) is 5.65 Å². The van der Waals surface area contributed by atoms with Crippen molar-refractivity contribution in [1.82, 2.24) is 25.2 Å². The van der Waals surface area contributed by atoms with Crippen LogP contribution in [0.1, 0.15) is 16.1 Å². The Hall–Kier alpha value is -3.10. The van der Waals surface area contributed by atoms with Gasteiger partial charge in [0.05, 0.1) is 6.20 Å². The number of fused-ring (bicyclic) bond motifs is 1. The Morgan fingerprint density at radius 3 is 2.19 bits per heavy atom. The van der Waals surface area contributed by atoms with E-state index in [0.29, 0.717) is 12.0 Å². The van der Waals surface area contributed by atoms with Crippen LogP contribution in [0.2, 0.25) is 0 Å². The summed E-state index contributed by atoms with van der Waals surface area (Å²) < 4.78 is 1.57. The molecule has 1 aromatic carbocycles. The van der Waals surface area contributed by atoms with Gasteiger partial charge in [0, 0.05) is 13.6 Å². The zero-order valence-corrected chi connectivity index (χ0v) is 16.3. The summed E-state index contributed by atoms with van der Waals surface area (Å²) >= 11 is 0. The highest BCUT2D eigenvalue weighted by atomic mass is 16.1. The molecule has 0 unspecified atom stereocenters. The maximum absolute atomic E-state index is 10.4. The van der Waals surface area contributed by atoms with E-state index in [9.17, 15) is 4.79 Å². The highest BCUT2D eigenvalue weighted by molar-refractivity contribution is 5.72. The molecule has 0 saturated carbocycles. The lowest BCUT2D eigenvalue weighted by Gasteiger charge is -1.95. The highest BCUT2D eigenvalue weighted by Gasteiger charge is 2.00. The average molecular weight is 372 g/mol. The first-order chi connectivity index (χ1) is 13.2. The summed E-state index contributed by atoms with van der Waals surface area (Å²) in [4.78, 5) is 22.6. The molecule has 0 fully saturated rings. The van der Waals surface area contributed by atoms with Crippen molar-refractivity contribution < 1.29 is 9.59 Å². The number of anilines is 1. The molecule has 0 aliphatic heterocycles. The van der Waals surface area contributed by atoms with Crippen molar-refractivity contribution in [1.29, 1.82) is 0 Å². The van der Waals surface area contributed by atoms with Gasteiger partial charge in [-0.3, -0.25) is 4.79 Å². The molecule has 3 aromatic rings. The van der Waals surface area contributed by atoms with Gasteiger partial charge in [-0.15, -0.1) is 0 Å². The van der Waals surface area contributed by atoms with Crippen LogP contribution in [0.3, 0.4) is 0 Å². The number of carbonyl (C=O) groups excluding carboxylic acids is 2. The van der Waals surface area contributed by atoms with Crippen LogP contribution in [0.5, 0.6) is 0 Å². The van der Waals surface area contributed by atoms with Gasteiger partial charge in [0.15, 0.2) is 11.9 Å². The second kappa shape index (κ2) is 15.2. The molecular formula is C19H28N6O2. The van der Waals surface area contributed by atoms with E-state index in [1.165, 1.54) is 5.56 Å². The maximum atomic E-state index is 10.4. The van der Waals surface area contributed by atoms with Gasteiger partial charge in [-0.05, 0) is 38.8 Å². The molecule has 8 nitrogen and oxygen atoms in total. The molecule has 0 aliphatic rings. The van der Waals surface area contributed by atoms with Gasteiger partial charge in [0.25, 0.3) is 0 Å². The number of aldehydes is 1. The largest absolute Gasteiger partial charge is 0.372 e. The Morgan fingerprint density at radius 1 is 1.04 bits per heavy atom. The number of imidazole rings is 1. The van der Waals surface area contributed by atoms with E-state index in [4.69, 9.17) is 4.79 Å². The topological polar surface area (TPSA) is 100 Å². The van der Waals surface area contributed by atoms with Crippen molar-refractivity contribution in [2.75, 3.05) is 33.5 Å². The summed E-state index contributed by atoms with van der Waals surface area (Å²) in [6.07, 6.45) is 2.43. The lowest BCUT2D eigenvalue weighted by molar-refractivity contribution is -0.0980. The van der Waals surface area contributed by atoms with Crippen molar-refractivity contribution in [3.8, 4) is 0 Å². The van der Waals surface area contributed by atoms with Crippen LogP contribution < -0.4 is 16.0 Å². The molecule has 0 bridgehead atoms. The zero-order chi connectivity index (χ0) is 20.5. The number of rotatable bonds is 4. The number of carbonyl (C=O) groups is 2. The van der Waals surface area contributed by atoms with Crippen molar-refractivity contribution in [3.05, 3.63) is 59.9 Å². The Labute approximate surface area is 160 Å². The molecule has 2 heterocycles. The van der Waals surface area contributed by atoms with Gasteiger partial charge in [-0.2, -0.15) is 5.10 Å². The van der Waals surface area contributed by atoms with Gasteiger partial charge in [0.1, 0.15) is 18.3 Å². The minimum atomic E-state index is 0.396. The standard InChI is InChI=1S/C8H8N4O.C8H11N.C2H7N.CH2O/c1-9-7-4-12-8(10-7)3-2-6(5-13)11-12;1-9-7-8-5-3-2-4-6-8;1-3-2;1-2/h2-5,9H,1H3;2-6,9H,7H2,1H3;3H,1-2H3;1H2. The van der Waals surface area contributed by atoms with E-state index in [1.807, 2.05) is 46.1 Å². The quantitative estimate of drug-likeness (QED) is 0.599. The summed E-state index contributed by atoms with van der Waals surface area (Å²) in [5, 5.41) is 12.7. The SMILES string of the molecule is C=O.CNC.CNCc1ccccc1.CNc1cn2nc(C=O)ccc2n1. The van der Waals surface area contributed by atoms with Gasteiger partial charge in [-0.25, -0.2) is 9.50 Å². The normalized spacial score (nSPS) is 8.89. The fraction of sp³-hybridized carbons (Fsp3) is 0.263. The summed E-state index contributed by atoms with van der Waals surface area (Å²) in [5.74, 6) is 0.732. The van der Waals surface area contributed by atoms with Crippen molar-refractivity contribution in [2.24, 2.45) is 0 Å². The second-order valence-electron chi connectivity index (χ2n) is 5.07. The van der Waals surface area contributed by atoms with E-state index >= 15 is 0 Å². The third kappa shape index (κ3) is 9.24. The third-order valence-corrected chi connectivity index (χ3v) is 2.94. The molecule has 27 heavy (non-hydrogen) atoms. The van der Waals surface area contributed by atoms with Gasteiger partial charge in [-0.1, -0.05) is 30.3 Å². The molecule has 0 spiro atoms. The summed E-state index contributed by atoms with van der Waals surface area (Å²) in [6.45, 7) is 2.96. The fourth-order valence-electron chi connectivity index (χ4n) is 1.88. The average Bonchev–Trinajstić information content (AvgIpc) is 3.14. The van der Waals surface area contributed by atoms with Crippen LogP contribution in [0, 0.1) is 0 Å². The first kappa shape index (κ1) is 23.9. The molecule has 3 rings (SSSR count). The lowest BCUT2D eigenvalue weighted by atomic mass is 10.2. The number of aromatic nitrogens is 3. The Kier molecular flexibility index (Phi) is 13.4. The number of benzene rings is 1. The van der Waals surface area contributed by atoms with Crippen LogP contribution in [-0.4, -0.2) is 55.9 Å². The molecule has 0 atom stereocenters. The third-order valence-electron chi connectivity index (χ3n) is 2.94. The van der Waals surface area contributed by atoms with Crippen molar-refractivity contribution in [2.45, 2.75) is 6.54 Å². The number of hydrogen-bond donors (Lipinski definition) is 3. The minimum absolute atomic E-state index is 0.396. The van der Waals surface area contributed by atoms with E-state index in [0.717, 1.165) is 18.0 Å². The molecular weight excluding hydrogens is 344 g/mol. The van der Waals surface area contributed by atoms with Crippen molar-refractivity contribution >= 4 is 24.5 Å². The molecule has 3 N–H and O–H groups in total. The highest BCUT2D eigenvalue weighted by Crippen LogP contribution is 2.07. The molecule has 0 amide bonds. The zero-order valence-electron chi connectivity index (χ0n) is 16.3. The predicted octanol–water partition coefficient (Wildman–Crippen LogP) is 1.64. The van der Waals surface area contributed by atoms with Gasteiger partial charge < -0.3 is 20.7 Å². The van der Waals surface area contributed by atoms with Crippen LogP contribution in [0.15, 0.2) is 48.7 Å². The number of nitrogens with one attached hydrogen (secondary N) is 3. The van der Waals surface area contributed by atoms with Gasteiger partial charge in [0.2, 0.25) is 0 Å². The smallest absolute Gasteiger partial charge is 0.170 e. The summed E-state index contributed by atoms with van der Waals surface area (Å²) in [6, 6.07) is 13.7. The van der Waals surface area contributed by atoms with E-state index in [-0.39, 0.29) is 0 Å². The molecule has 0 radical (unpaired) electrons. The Bertz CT molecular complexity index is 761. The Balaban J connectivity index is 0.000000422. The van der Waals surface area contributed by atoms with Crippen LogP contribution in [0.4, 0.5) is 5.82 Å². The molecule has 2 aromatic heterocycles. The number of nitrogens with zero attached hydrogens (tertiary/aromatic N) is 3. The minimum Gasteiger partial charge on any atom is -0.372 e. The fourth-order valence-corrected chi connectivity index (χ4v) is 1.88. The molecule has 0 saturated heterocycles. The Morgan fingerprint density at radius 2 is 1.67 bits per heavy atom. The maximum Gasteiger partial charge on any atom is 0.170 e. The monoisotopic (exact) mass is 372 g/mol. The molecule has 146 valence electrons. The molecule has 0 aliphatic carbocycles. The summed E-state index contributed by atoms with van der Waals surface area (Å²) in [7, 11) is 7.48. The first-order valence-corrected chi connectivity index (χ1v) is 8.23.